The summed E-state index contributed by atoms with van der Waals surface area (Å²) in [6.07, 6.45) is 3.17. The first-order valence-corrected chi connectivity index (χ1v) is 10.7. The minimum absolute atomic E-state index is 0.241. The fourth-order valence-corrected chi connectivity index (χ4v) is 5.10. The van der Waals surface area contributed by atoms with Crippen LogP contribution < -0.4 is 5.32 Å². The van der Waals surface area contributed by atoms with Gasteiger partial charge in [0.1, 0.15) is 12.2 Å². The van der Waals surface area contributed by atoms with E-state index in [2.05, 4.69) is 15.5 Å². The van der Waals surface area contributed by atoms with Crippen LogP contribution in [0.3, 0.4) is 0 Å². The number of anilines is 2. The Morgan fingerprint density at radius 2 is 1.71 bits per heavy atom. The molecule has 4 rings (SSSR count). The molecule has 0 unspecified atom stereocenters. The molecule has 7 nitrogen and oxygen atoms in total. The van der Waals surface area contributed by atoms with Crippen LogP contribution in [0, 0.1) is 0 Å². The second kappa shape index (κ2) is 7.73. The Labute approximate surface area is 165 Å². The third-order valence-corrected chi connectivity index (χ3v) is 6.99. The van der Waals surface area contributed by atoms with Crippen molar-refractivity contribution in [3.63, 3.8) is 0 Å². The normalized spacial score (nSPS) is 16.2. The third-order valence-electron chi connectivity index (χ3n) is 5.10. The predicted molar refractivity (Wildman–Crippen MR) is 108 cm³/mol. The monoisotopic (exact) mass is 397 g/mol. The molecule has 0 atom stereocenters. The quantitative estimate of drug-likeness (QED) is 0.715. The van der Waals surface area contributed by atoms with Crippen LogP contribution in [0.4, 0.5) is 11.4 Å². The molecule has 1 aromatic heterocycles. The lowest BCUT2D eigenvalue weighted by Gasteiger charge is -2.30. The highest BCUT2D eigenvalue weighted by atomic mass is 32.2. The van der Waals surface area contributed by atoms with Crippen LogP contribution in [0.5, 0.6) is 0 Å². The van der Waals surface area contributed by atoms with Crippen molar-refractivity contribution in [2.75, 3.05) is 18.4 Å². The van der Waals surface area contributed by atoms with E-state index < -0.39 is 10.0 Å². The highest BCUT2D eigenvalue weighted by Crippen LogP contribution is 2.30. The zero-order chi connectivity index (χ0) is 19.6. The molecule has 1 N–H and O–H groups in total. The molecular formula is C20H23N5O2S. The molecular weight excluding hydrogens is 374 g/mol. The van der Waals surface area contributed by atoms with E-state index in [1.807, 2.05) is 48.0 Å². The topological polar surface area (TPSA) is 80.1 Å². The van der Waals surface area contributed by atoms with Crippen molar-refractivity contribution in [1.29, 1.82) is 0 Å². The highest BCUT2D eigenvalue weighted by molar-refractivity contribution is 7.89. The van der Waals surface area contributed by atoms with Gasteiger partial charge < -0.3 is 9.88 Å². The molecule has 146 valence electrons. The number of aryl methyl sites for hydroxylation is 1. The molecule has 1 saturated heterocycles. The van der Waals surface area contributed by atoms with Gasteiger partial charge >= 0.3 is 0 Å². The van der Waals surface area contributed by atoms with Crippen LogP contribution in [0.15, 0.2) is 65.8 Å². The number of sulfonamides is 1. The maximum atomic E-state index is 13.1. The number of para-hydroxylation sites is 1. The molecule has 2 heterocycles. The smallest absolute Gasteiger partial charge is 0.243 e. The van der Waals surface area contributed by atoms with Crippen molar-refractivity contribution < 1.29 is 8.42 Å². The summed E-state index contributed by atoms with van der Waals surface area (Å²) in [5.74, 6) is 1.16. The van der Waals surface area contributed by atoms with Crippen LogP contribution in [0.2, 0.25) is 0 Å². The van der Waals surface area contributed by atoms with E-state index in [9.17, 15) is 8.42 Å². The standard InChI is InChI=1S/C20H23N5O2S/c1-24-15-21-23-20(24)16-10-12-25(13-11-16)28(26,27)19-9-5-8-18(14-19)22-17-6-3-2-4-7-17/h2-9,14-16,22H,10-13H2,1H3. The van der Waals surface area contributed by atoms with Gasteiger partial charge in [-0.15, -0.1) is 10.2 Å². The molecule has 1 aliphatic heterocycles. The van der Waals surface area contributed by atoms with Crippen molar-refractivity contribution in [3.8, 4) is 0 Å². The minimum atomic E-state index is -3.53. The van der Waals surface area contributed by atoms with Crippen LogP contribution in [-0.4, -0.2) is 40.6 Å². The number of benzene rings is 2. The summed E-state index contributed by atoms with van der Waals surface area (Å²) >= 11 is 0. The molecule has 0 amide bonds. The lowest BCUT2D eigenvalue weighted by Crippen LogP contribution is -2.38. The van der Waals surface area contributed by atoms with Gasteiger partial charge in [-0.25, -0.2) is 8.42 Å². The fraction of sp³-hybridized carbons (Fsp3) is 0.300. The van der Waals surface area contributed by atoms with Crippen molar-refractivity contribution in [3.05, 3.63) is 66.7 Å². The Balaban J connectivity index is 1.48. The lowest BCUT2D eigenvalue weighted by molar-refractivity contribution is 0.310. The summed E-state index contributed by atoms with van der Waals surface area (Å²) in [5.41, 5.74) is 1.67. The van der Waals surface area contributed by atoms with Gasteiger partial charge in [0.2, 0.25) is 10.0 Å². The summed E-state index contributed by atoms with van der Waals surface area (Å²) in [6, 6.07) is 16.7. The number of piperidine rings is 1. The van der Waals surface area contributed by atoms with Gasteiger partial charge in [0.25, 0.3) is 0 Å². The maximum Gasteiger partial charge on any atom is 0.243 e. The van der Waals surface area contributed by atoms with Gasteiger partial charge in [0.15, 0.2) is 0 Å². The molecule has 1 fully saturated rings. The summed E-state index contributed by atoms with van der Waals surface area (Å²) in [7, 11) is -1.61. The van der Waals surface area contributed by atoms with Gasteiger partial charge in [-0.2, -0.15) is 4.31 Å². The molecule has 0 bridgehead atoms. The lowest BCUT2D eigenvalue weighted by atomic mass is 9.97. The van der Waals surface area contributed by atoms with Crippen LogP contribution in [0.1, 0.15) is 24.6 Å². The number of hydrogen-bond acceptors (Lipinski definition) is 5. The molecule has 0 spiro atoms. The van der Waals surface area contributed by atoms with Crippen LogP contribution in [-0.2, 0) is 17.1 Å². The molecule has 1 aliphatic rings. The second-order valence-electron chi connectivity index (χ2n) is 7.00. The van der Waals surface area contributed by atoms with Gasteiger partial charge in [-0.1, -0.05) is 24.3 Å². The zero-order valence-electron chi connectivity index (χ0n) is 15.7. The van der Waals surface area contributed by atoms with Crippen molar-refractivity contribution in [1.82, 2.24) is 19.1 Å². The molecule has 0 saturated carbocycles. The van der Waals surface area contributed by atoms with Crippen LogP contribution in [0.25, 0.3) is 0 Å². The maximum absolute atomic E-state index is 13.1. The summed E-state index contributed by atoms with van der Waals surface area (Å²) in [6.45, 7) is 0.965. The Bertz CT molecular complexity index is 1040. The molecule has 2 aromatic carbocycles. The SMILES string of the molecule is Cn1cnnc1C1CCN(S(=O)(=O)c2cccc(Nc3ccccc3)c2)CC1. The highest BCUT2D eigenvalue weighted by Gasteiger charge is 2.31. The van der Waals surface area contributed by atoms with E-state index in [4.69, 9.17) is 0 Å². The molecule has 3 aromatic rings. The molecule has 8 heteroatoms. The van der Waals surface area contributed by atoms with Gasteiger partial charge in [-0.05, 0) is 43.2 Å². The minimum Gasteiger partial charge on any atom is -0.355 e. The van der Waals surface area contributed by atoms with E-state index >= 15 is 0 Å². The van der Waals surface area contributed by atoms with E-state index in [-0.39, 0.29) is 5.92 Å². The Kier molecular flexibility index (Phi) is 5.15. The Hall–Kier alpha value is -2.71. The first-order valence-electron chi connectivity index (χ1n) is 9.30. The molecule has 0 radical (unpaired) electrons. The summed E-state index contributed by atoms with van der Waals surface area (Å²) in [5, 5.41) is 11.4. The van der Waals surface area contributed by atoms with E-state index in [0.717, 1.165) is 30.0 Å². The van der Waals surface area contributed by atoms with E-state index in [1.54, 1.807) is 28.8 Å². The zero-order valence-corrected chi connectivity index (χ0v) is 16.5. The average Bonchev–Trinajstić information content (AvgIpc) is 3.15. The third kappa shape index (κ3) is 3.79. The predicted octanol–water partition coefficient (Wildman–Crippen LogP) is 3.13. The summed E-state index contributed by atoms with van der Waals surface area (Å²) in [4.78, 5) is 0.311. The average molecular weight is 398 g/mol. The van der Waals surface area contributed by atoms with Gasteiger partial charge in [0, 0.05) is 37.4 Å². The van der Waals surface area contributed by atoms with Crippen LogP contribution >= 0.6 is 0 Å². The fourth-order valence-electron chi connectivity index (χ4n) is 3.59. The van der Waals surface area contributed by atoms with Crippen molar-refractivity contribution in [2.45, 2.75) is 23.7 Å². The van der Waals surface area contributed by atoms with E-state index in [1.165, 1.54) is 0 Å². The number of nitrogens with one attached hydrogen (secondary N) is 1. The first-order chi connectivity index (χ1) is 13.5. The summed E-state index contributed by atoms with van der Waals surface area (Å²) < 4.78 is 29.7. The number of rotatable bonds is 5. The van der Waals surface area contributed by atoms with Crippen molar-refractivity contribution >= 4 is 21.4 Å². The first kappa shape index (κ1) is 18.6. The number of nitrogens with zero attached hydrogens (tertiary/aromatic N) is 4. The number of hydrogen-bond donors (Lipinski definition) is 1. The Morgan fingerprint density at radius 1 is 1.00 bits per heavy atom. The second-order valence-corrected chi connectivity index (χ2v) is 8.94. The molecule has 0 aliphatic carbocycles. The van der Waals surface area contributed by atoms with Crippen molar-refractivity contribution in [2.24, 2.45) is 7.05 Å². The Morgan fingerprint density at radius 3 is 2.39 bits per heavy atom. The van der Waals surface area contributed by atoms with Gasteiger partial charge in [-0.3, -0.25) is 0 Å². The van der Waals surface area contributed by atoms with E-state index in [0.29, 0.717) is 18.0 Å². The van der Waals surface area contributed by atoms with Gasteiger partial charge in [0.05, 0.1) is 4.90 Å². The number of aromatic nitrogens is 3. The largest absolute Gasteiger partial charge is 0.355 e. The molecule has 28 heavy (non-hydrogen) atoms.